The van der Waals surface area contributed by atoms with Crippen molar-refractivity contribution in [3.05, 3.63) is 48.2 Å². The van der Waals surface area contributed by atoms with Gasteiger partial charge in [0.2, 0.25) is 0 Å². The fourth-order valence-electron chi connectivity index (χ4n) is 2.09. The van der Waals surface area contributed by atoms with Crippen molar-refractivity contribution in [2.45, 2.75) is 24.9 Å². The van der Waals surface area contributed by atoms with Crippen molar-refractivity contribution in [1.29, 1.82) is 0 Å². The normalized spacial score (nSPS) is 30.8. The number of rotatable bonds is 3. The first-order valence-corrected chi connectivity index (χ1v) is 5.69. The number of benzene rings is 1. The lowest BCUT2D eigenvalue weighted by atomic mass is 9.89. The molecule has 1 saturated heterocycles. The Hall–Kier alpha value is -1.76. The highest BCUT2D eigenvalue weighted by molar-refractivity contribution is 5.33. The van der Waals surface area contributed by atoms with E-state index in [2.05, 4.69) is 12.5 Å². The molecule has 0 bridgehead atoms. The largest absolute Gasteiger partial charge is 0.441 e. The number of ether oxygens (including phenoxy) is 3. The molecule has 0 N–H and O–H groups in total. The standard InChI is InChI=1S/C15H16O3/c1-5-11-15(13-9-7-6-8-10-13)12(2)17-14(3,16-4)18-15/h1,6-10H,2,11H2,3-4H3. The highest BCUT2D eigenvalue weighted by Gasteiger charge is 2.53. The van der Waals surface area contributed by atoms with Crippen LogP contribution in [0.5, 0.6) is 0 Å². The lowest BCUT2D eigenvalue weighted by Gasteiger charge is -2.27. The molecule has 18 heavy (non-hydrogen) atoms. The Kier molecular flexibility index (Phi) is 3.16. The van der Waals surface area contributed by atoms with Crippen LogP contribution in [0.25, 0.3) is 0 Å². The molecule has 1 aliphatic rings. The van der Waals surface area contributed by atoms with E-state index >= 15 is 0 Å². The maximum atomic E-state index is 5.94. The Balaban J connectivity index is 2.47. The van der Waals surface area contributed by atoms with Crippen molar-refractivity contribution in [3.8, 4) is 12.3 Å². The lowest BCUT2D eigenvalue weighted by Crippen LogP contribution is -2.33. The topological polar surface area (TPSA) is 27.7 Å². The quantitative estimate of drug-likeness (QED) is 0.765. The first-order valence-electron chi connectivity index (χ1n) is 5.69. The molecule has 2 atom stereocenters. The molecule has 1 aromatic rings. The summed E-state index contributed by atoms with van der Waals surface area (Å²) < 4.78 is 16.7. The van der Waals surface area contributed by atoms with Crippen LogP contribution >= 0.6 is 0 Å². The van der Waals surface area contributed by atoms with Crippen LogP contribution in [0.2, 0.25) is 0 Å². The van der Waals surface area contributed by atoms with Crippen molar-refractivity contribution in [2.75, 3.05) is 7.11 Å². The van der Waals surface area contributed by atoms with Crippen molar-refractivity contribution in [2.24, 2.45) is 0 Å². The monoisotopic (exact) mass is 244 g/mol. The zero-order valence-electron chi connectivity index (χ0n) is 10.6. The maximum absolute atomic E-state index is 5.94. The van der Waals surface area contributed by atoms with Crippen LogP contribution < -0.4 is 0 Å². The molecule has 0 aliphatic carbocycles. The van der Waals surface area contributed by atoms with Gasteiger partial charge in [-0.1, -0.05) is 36.9 Å². The summed E-state index contributed by atoms with van der Waals surface area (Å²) in [5, 5.41) is 0. The number of hydrogen-bond acceptors (Lipinski definition) is 3. The summed E-state index contributed by atoms with van der Waals surface area (Å²) in [7, 11) is 1.52. The molecule has 0 spiro atoms. The van der Waals surface area contributed by atoms with E-state index in [1.54, 1.807) is 6.92 Å². The van der Waals surface area contributed by atoms with Gasteiger partial charge in [0.15, 0.2) is 5.60 Å². The third kappa shape index (κ3) is 1.90. The third-order valence-corrected chi connectivity index (χ3v) is 3.08. The van der Waals surface area contributed by atoms with Crippen LogP contribution in [0.4, 0.5) is 0 Å². The van der Waals surface area contributed by atoms with Gasteiger partial charge in [0.25, 0.3) is 0 Å². The second kappa shape index (κ2) is 4.49. The zero-order chi connectivity index (χ0) is 13.2. The molecule has 0 radical (unpaired) electrons. The summed E-state index contributed by atoms with van der Waals surface area (Å²) in [6.07, 6.45) is 5.80. The van der Waals surface area contributed by atoms with E-state index in [-0.39, 0.29) is 0 Å². The van der Waals surface area contributed by atoms with Crippen molar-refractivity contribution in [1.82, 2.24) is 0 Å². The van der Waals surface area contributed by atoms with Gasteiger partial charge in [0, 0.05) is 20.5 Å². The molecule has 0 amide bonds. The smallest absolute Gasteiger partial charge is 0.324 e. The molecule has 3 heteroatoms. The number of hydrogen-bond donors (Lipinski definition) is 0. The summed E-state index contributed by atoms with van der Waals surface area (Å²) in [5.74, 6) is 1.94. The minimum atomic E-state index is -1.15. The van der Waals surface area contributed by atoms with Crippen molar-refractivity contribution >= 4 is 0 Å². The zero-order valence-corrected chi connectivity index (χ0v) is 10.6. The van der Waals surface area contributed by atoms with E-state index in [0.717, 1.165) is 5.56 Å². The van der Waals surface area contributed by atoms with Gasteiger partial charge in [0.05, 0.1) is 0 Å². The maximum Gasteiger partial charge on any atom is 0.324 e. The number of terminal acetylenes is 1. The molecule has 1 aromatic carbocycles. The first kappa shape index (κ1) is 12.7. The Morgan fingerprint density at radius 1 is 1.39 bits per heavy atom. The molecule has 1 fully saturated rings. The van der Waals surface area contributed by atoms with E-state index in [1.165, 1.54) is 7.11 Å². The van der Waals surface area contributed by atoms with Gasteiger partial charge in [-0.15, -0.1) is 12.3 Å². The minimum Gasteiger partial charge on any atom is -0.441 e. The summed E-state index contributed by atoms with van der Waals surface area (Å²) >= 11 is 0. The third-order valence-electron chi connectivity index (χ3n) is 3.08. The van der Waals surface area contributed by atoms with Crippen LogP contribution in [0.15, 0.2) is 42.7 Å². The van der Waals surface area contributed by atoms with E-state index in [1.807, 2.05) is 30.3 Å². The average Bonchev–Trinajstić information content (AvgIpc) is 2.64. The Bertz CT molecular complexity index is 488. The summed E-state index contributed by atoms with van der Waals surface area (Å²) in [5.41, 5.74) is 0.0644. The Morgan fingerprint density at radius 2 is 2.06 bits per heavy atom. The second-order valence-electron chi connectivity index (χ2n) is 4.27. The molecule has 0 aromatic heterocycles. The molecule has 94 valence electrons. The van der Waals surface area contributed by atoms with Crippen LogP contribution in [0.1, 0.15) is 18.9 Å². The van der Waals surface area contributed by atoms with Gasteiger partial charge in [-0.25, -0.2) is 0 Å². The highest BCUT2D eigenvalue weighted by Crippen LogP contribution is 2.47. The summed E-state index contributed by atoms with van der Waals surface area (Å²) in [6.45, 7) is 5.62. The lowest BCUT2D eigenvalue weighted by molar-refractivity contribution is -0.322. The fraction of sp³-hybridized carbons (Fsp3) is 0.333. The van der Waals surface area contributed by atoms with Gasteiger partial charge in [-0.3, -0.25) is 4.74 Å². The second-order valence-corrected chi connectivity index (χ2v) is 4.27. The predicted molar refractivity (Wildman–Crippen MR) is 68.3 cm³/mol. The van der Waals surface area contributed by atoms with E-state index in [0.29, 0.717) is 12.2 Å². The van der Waals surface area contributed by atoms with Crippen LogP contribution in [0.3, 0.4) is 0 Å². The molecule has 3 nitrogen and oxygen atoms in total. The van der Waals surface area contributed by atoms with Gasteiger partial charge in [-0.2, -0.15) is 0 Å². The highest BCUT2D eigenvalue weighted by atomic mass is 16.9. The summed E-state index contributed by atoms with van der Waals surface area (Å²) in [6, 6.07) is 9.65. The van der Waals surface area contributed by atoms with Crippen LogP contribution in [0, 0.1) is 12.3 Å². The number of methoxy groups -OCH3 is 1. The van der Waals surface area contributed by atoms with E-state index < -0.39 is 11.6 Å². The molecule has 0 saturated carbocycles. The van der Waals surface area contributed by atoms with Gasteiger partial charge >= 0.3 is 5.97 Å². The van der Waals surface area contributed by atoms with Crippen molar-refractivity contribution < 1.29 is 14.2 Å². The first-order chi connectivity index (χ1) is 8.56. The SMILES string of the molecule is C#CCC1(c2ccccc2)OC(C)(OC)OC1=C. The van der Waals surface area contributed by atoms with Crippen LogP contribution in [-0.4, -0.2) is 13.1 Å². The van der Waals surface area contributed by atoms with Gasteiger partial charge in [-0.05, 0) is 5.56 Å². The summed E-state index contributed by atoms with van der Waals surface area (Å²) in [4.78, 5) is 0. The Morgan fingerprint density at radius 3 is 2.56 bits per heavy atom. The van der Waals surface area contributed by atoms with E-state index in [4.69, 9.17) is 20.6 Å². The molecular formula is C15H16O3. The molecule has 1 heterocycles. The molecule has 2 unspecified atom stereocenters. The predicted octanol–water partition coefficient (Wildman–Crippen LogP) is 2.79. The van der Waals surface area contributed by atoms with E-state index in [9.17, 15) is 0 Å². The Labute approximate surface area is 107 Å². The van der Waals surface area contributed by atoms with Gasteiger partial charge in [0.1, 0.15) is 5.76 Å². The fourth-order valence-corrected chi connectivity index (χ4v) is 2.09. The molecule has 2 rings (SSSR count). The molecular weight excluding hydrogens is 228 g/mol. The molecule has 1 aliphatic heterocycles. The average molecular weight is 244 g/mol. The van der Waals surface area contributed by atoms with Crippen molar-refractivity contribution in [3.63, 3.8) is 0 Å². The van der Waals surface area contributed by atoms with Gasteiger partial charge < -0.3 is 9.47 Å². The van der Waals surface area contributed by atoms with Crippen LogP contribution in [-0.2, 0) is 19.8 Å². The minimum absolute atomic E-state index is 0.342.